The Labute approximate surface area is 127 Å². The number of aromatic nitrogens is 1. The van der Waals surface area contributed by atoms with Crippen molar-refractivity contribution >= 4 is 18.3 Å². The first-order valence-corrected chi connectivity index (χ1v) is 7.29. The summed E-state index contributed by atoms with van der Waals surface area (Å²) in [6.45, 7) is 10.1. The SMILES string of the molecule is CCn1c(C)cc(C(=O)NCCC2CCNC2)c1C.Cl. The normalized spacial score (nSPS) is 17.9. The predicted octanol–water partition coefficient (Wildman–Crippen LogP) is 2.28. The molecule has 1 amide bonds. The fourth-order valence-electron chi connectivity index (χ4n) is 2.96. The van der Waals surface area contributed by atoms with Gasteiger partial charge >= 0.3 is 0 Å². The number of carbonyl (C=O) groups excluding carboxylic acids is 1. The minimum absolute atomic E-state index is 0. The van der Waals surface area contributed by atoms with Crippen LogP contribution in [-0.4, -0.2) is 30.1 Å². The molecule has 1 aromatic heterocycles. The fraction of sp³-hybridized carbons (Fsp3) is 0.667. The van der Waals surface area contributed by atoms with Crippen molar-refractivity contribution in [3.63, 3.8) is 0 Å². The van der Waals surface area contributed by atoms with Gasteiger partial charge in [-0.1, -0.05) is 0 Å². The highest BCUT2D eigenvalue weighted by atomic mass is 35.5. The van der Waals surface area contributed by atoms with Crippen molar-refractivity contribution in [2.45, 2.75) is 40.2 Å². The number of halogens is 1. The van der Waals surface area contributed by atoms with Crippen LogP contribution in [-0.2, 0) is 6.54 Å². The smallest absolute Gasteiger partial charge is 0.253 e. The van der Waals surface area contributed by atoms with Gasteiger partial charge in [0, 0.05) is 24.5 Å². The molecule has 1 unspecified atom stereocenters. The number of hydrogen-bond acceptors (Lipinski definition) is 2. The summed E-state index contributed by atoms with van der Waals surface area (Å²) in [7, 11) is 0. The van der Waals surface area contributed by atoms with E-state index in [1.165, 1.54) is 6.42 Å². The highest BCUT2D eigenvalue weighted by Crippen LogP contribution is 2.15. The lowest BCUT2D eigenvalue weighted by atomic mass is 10.1. The molecule has 2 heterocycles. The Kier molecular flexibility index (Phi) is 6.56. The molecule has 1 fully saturated rings. The van der Waals surface area contributed by atoms with Crippen molar-refractivity contribution in [3.8, 4) is 0 Å². The van der Waals surface area contributed by atoms with Crippen LogP contribution in [0.4, 0.5) is 0 Å². The van der Waals surface area contributed by atoms with E-state index in [1.54, 1.807) is 0 Å². The van der Waals surface area contributed by atoms with Crippen molar-refractivity contribution in [2.75, 3.05) is 19.6 Å². The number of nitrogens with zero attached hydrogens (tertiary/aromatic N) is 1. The first kappa shape index (κ1) is 17.1. The first-order chi connectivity index (χ1) is 9.13. The van der Waals surface area contributed by atoms with Crippen molar-refractivity contribution in [2.24, 2.45) is 5.92 Å². The van der Waals surface area contributed by atoms with Crippen molar-refractivity contribution < 1.29 is 4.79 Å². The Hall–Kier alpha value is -1.00. The Balaban J connectivity index is 0.00000200. The number of hydrogen-bond donors (Lipinski definition) is 2. The second-order valence-corrected chi connectivity index (χ2v) is 5.43. The van der Waals surface area contributed by atoms with E-state index in [1.807, 2.05) is 13.0 Å². The van der Waals surface area contributed by atoms with E-state index in [4.69, 9.17) is 0 Å². The molecule has 0 aromatic carbocycles. The van der Waals surface area contributed by atoms with Crippen molar-refractivity contribution in [1.82, 2.24) is 15.2 Å². The van der Waals surface area contributed by atoms with Gasteiger partial charge in [0.2, 0.25) is 0 Å². The molecule has 5 heteroatoms. The first-order valence-electron chi connectivity index (χ1n) is 7.29. The van der Waals surface area contributed by atoms with Crippen LogP contribution in [0, 0.1) is 19.8 Å². The average Bonchev–Trinajstić information content (AvgIpc) is 2.98. The number of nitrogens with one attached hydrogen (secondary N) is 2. The molecule has 1 saturated heterocycles. The third kappa shape index (κ3) is 3.76. The van der Waals surface area contributed by atoms with Gasteiger partial charge in [0.05, 0.1) is 5.56 Å². The molecule has 1 aliphatic heterocycles. The van der Waals surface area contributed by atoms with Gasteiger partial charge in [-0.25, -0.2) is 0 Å². The summed E-state index contributed by atoms with van der Waals surface area (Å²) in [6.07, 6.45) is 2.31. The van der Waals surface area contributed by atoms with Crippen LogP contribution in [0.15, 0.2) is 6.07 Å². The zero-order valence-electron chi connectivity index (χ0n) is 12.7. The minimum Gasteiger partial charge on any atom is -0.352 e. The van der Waals surface area contributed by atoms with Crippen LogP contribution < -0.4 is 10.6 Å². The largest absolute Gasteiger partial charge is 0.352 e. The summed E-state index contributed by atoms with van der Waals surface area (Å²) in [4.78, 5) is 12.2. The van der Waals surface area contributed by atoms with Gasteiger partial charge in [0.25, 0.3) is 5.91 Å². The number of aryl methyl sites for hydroxylation is 1. The van der Waals surface area contributed by atoms with Crippen LogP contribution in [0.2, 0.25) is 0 Å². The lowest BCUT2D eigenvalue weighted by Crippen LogP contribution is -2.26. The maximum atomic E-state index is 12.2. The van der Waals surface area contributed by atoms with Gasteiger partial charge in [0.15, 0.2) is 0 Å². The van der Waals surface area contributed by atoms with Gasteiger partial charge < -0.3 is 15.2 Å². The van der Waals surface area contributed by atoms with E-state index >= 15 is 0 Å². The van der Waals surface area contributed by atoms with Gasteiger partial charge in [-0.3, -0.25) is 4.79 Å². The van der Waals surface area contributed by atoms with Crippen LogP contribution in [0.3, 0.4) is 0 Å². The Morgan fingerprint density at radius 1 is 1.50 bits per heavy atom. The van der Waals surface area contributed by atoms with Crippen LogP contribution in [0.5, 0.6) is 0 Å². The lowest BCUT2D eigenvalue weighted by molar-refractivity contribution is 0.0951. The lowest BCUT2D eigenvalue weighted by Gasteiger charge is -2.10. The van der Waals surface area contributed by atoms with Crippen LogP contribution >= 0.6 is 12.4 Å². The zero-order valence-corrected chi connectivity index (χ0v) is 13.5. The summed E-state index contributed by atoms with van der Waals surface area (Å²) in [5.41, 5.74) is 3.05. The van der Waals surface area contributed by atoms with Crippen LogP contribution in [0.25, 0.3) is 0 Å². The predicted molar refractivity (Wildman–Crippen MR) is 84.8 cm³/mol. The number of carbonyl (C=O) groups is 1. The van der Waals surface area contributed by atoms with E-state index < -0.39 is 0 Å². The van der Waals surface area contributed by atoms with E-state index in [9.17, 15) is 4.79 Å². The summed E-state index contributed by atoms with van der Waals surface area (Å²) < 4.78 is 2.18. The van der Waals surface area contributed by atoms with Gasteiger partial charge in [-0.05, 0) is 58.7 Å². The van der Waals surface area contributed by atoms with Gasteiger partial charge in [-0.15, -0.1) is 12.4 Å². The fourth-order valence-corrected chi connectivity index (χ4v) is 2.96. The van der Waals surface area contributed by atoms with Crippen molar-refractivity contribution in [3.05, 3.63) is 23.0 Å². The Morgan fingerprint density at radius 2 is 2.25 bits per heavy atom. The molecule has 4 nitrogen and oxygen atoms in total. The monoisotopic (exact) mass is 299 g/mol. The highest BCUT2D eigenvalue weighted by molar-refractivity contribution is 5.95. The maximum absolute atomic E-state index is 12.2. The maximum Gasteiger partial charge on any atom is 0.253 e. The quantitative estimate of drug-likeness (QED) is 0.876. The summed E-state index contributed by atoms with van der Waals surface area (Å²) in [5.74, 6) is 0.794. The second kappa shape index (κ2) is 7.70. The molecule has 1 aliphatic rings. The third-order valence-corrected chi connectivity index (χ3v) is 4.14. The summed E-state index contributed by atoms with van der Waals surface area (Å²) >= 11 is 0. The molecular weight excluding hydrogens is 274 g/mol. The molecule has 114 valence electrons. The molecule has 2 rings (SSSR count). The van der Waals surface area contributed by atoms with Crippen molar-refractivity contribution in [1.29, 1.82) is 0 Å². The molecule has 1 atom stereocenters. The highest BCUT2D eigenvalue weighted by Gasteiger charge is 2.17. The van der Waals surface area contributed by atoms with E-state index in [0.29, 0.717) is 0 Å². The molecule has 0 spiro atoms. The molecule has 2 N–H and O–H groups in total. The number of amides is 1. The molecule has 1 aromatic rings. The molecule has 0 radical (unpaired) electrons. The van der Waals surface area contributed by atoms with E-state index in [2.05, 4.69) is 29.0 Å². The summed E-state index contributed by atoms with van der Waals surface area (Å²) in [5, 5.41) is 6.40. The van der Waals surface area contributed by atoms with E-state index in [0.717, 1.165) is 55.5 Å². The topological polar surface area (TPSA) is 46.1 Å². The Bertz CT molecular complexity index is 450. The second-order valence-electron chi connectivity index (χ2n) is 5.43. The molecule has 0 saturated carbocycles. The standard InChI is InChI=1S/C15H25N3O.ClH/c1-4-18-11(2)9-14(12(18)3)15(19)17-8-6-13-5-7-16-10-13;/h9,13,16H,4-8,10H2,1-3H3,(H,17,19);1H. The van der Waals surface area contributed by atoms with Gasteiger partial charge in [-0.2, -0.15) is 0 Å². The average molecular weight is 300 g/mol. The molecule has 0 bridgehead atoms. The van der Waals surface area contributed by atoms with Crippen LogP contribution in [0.1, 0.15) is 41.5 Å². The van der Waals surface area contributed by atoms with E-state index in [-0.39, 0.29) is 18.3 Å². The zero-order chi connectivity index (χ0) is 13.8. The summed E-state index contributed by atoms with van der Waals surface area (Å²) in [6, 6.07) is 1.99. The molecular formula is C15H26ClN3O. The Morgan fingerprint density at radius 3 is 2.80 bits per heavy atom. The van der Waals surface area contributed by atoms with Gasteiger partial charge in [0.1, 0.15) is 0 Å². The minimum atomic E-state index is 0. The molecule has 20 heavy (non-hydrogen) atoms. The third-order valence-electron chi connectivity index (χ3n) is 4.14. The molecule has 0 aliphatic carbocycles. The number of rotatable bonds is 5.